The maximum atomic E-state index is 11.9. The van der Waals surface area contributed by atoms with Gasteiger partial charge >= 0.3 is 5.97 Å². The van der Waals surface area contributed by atoms with E-state index in [1.807, 2.05) is 18.2 Å². The van der Waals surface area contributed by atoms with Crippen LogP contribution >= 0.6 is 0 Å². The molecule has 2 unspecified atom stereocenters. The number of hydrogen-bond acceptors (Lipinski definition) is 6. The number of carbonyl (C=O) groups excluding carboxylic acids is 1. The van der Waals surface area contributed by atoms with Crippen LogP contribution in [0, 0.1) is 0 Å². The molecule has 0 saturated carbocycles. The van der Waals surface area contributed by atoms with Gasteiger partial charge in [0, 0.05) is 18.3 Å². The van der Waals surface area contributed by atoms with Crippen LogP contribution in [0.5, 0.6) is 0 Å². The fourth-order valence-electron chi connectivity index (χ4n) is 5.49. The van der Waals surface area contributed by atoms with Crippen molar-refractivity contribution in [3.63, 3.8) is 0 Å². The molecular formula is C36H40N2O4. The minimum Gasteiger partial charge on any atom is -0.465 e. The van der Waals surface area contributed by atoms with Gasteiger partial charge in [-0.2, -0.15) is 0 Å². The van der Waals surface area contributed by atoms with Crippen molar-refractivity contribution in [2.45, 2.75) is 50.5 Å². The Morgan fingerprint density at radius 3 is 2.29 bits per heavy atom. The molecule has 1 fully saturated rings. The summed E-state index contributed by atoms with van der Waals surface area (Å²) < 4.78 is 17.5. The van der Waals surface area contributed by atoms with E-state index < -0.39 is 5.97 Å². The second-order valence-electron chi connectivity index (χ2n) is 10.8. The highest BCUT2D eigenvalue weighted by Gasteiger charge is 2.28. The number of rotatable bonds is 12. The van der Waals surface area contributed by atoms with Crippen molar-refractivity contribution in [3.8, 4) is 11.1 Å². The molecule has 0 bridgehead atoms. The maximum Gasteiger partial charge on any atom is 0.339 e. The summed E-state index contributed by atoms with van der Waals surface area (Å²) in [5, 5.41) is 3.84. The summed E-state index contributed by atoms with van der Waals surface area (Å²) >= 11 is 0. The van der Waals surface area contributed by atoms with Gasteiger partial charge < -0.3 is 25.3 Å². The first kappa shape index (κ1) is 29.5. The van der Waals surface area contributed by atoms with Gasteiger partial charge in [0.05, 0.1) is 12.7 Å². The predicted octanol–water partition coefficient (Wildman–Crippen LogP) is 6.75. The van der Waals surface area contributed by atoms with E-state index in [4.69, 9.17) is 19.9 Å². The minimum atomic E-state index is -0.432. The fraction of sp³-hybridized carbons (Fsp3) is 0.306. The highest BCUT2D eigenvalue weighted by atomic mass is 16.7. The Morgan fingerprint density at radius 1 is 0.905 bits per heavy atom. The van der Waals surface area contributed by atoms with Crippen LogP contribution in [-0.2, 0) is 27.1 Å². The van der Waals surface area contributed by atoms with Crippen LogP contribution in [-0.4, -0.2) is 38.6 Å². The van der Waals surface area contributed by atoms with Gasteiger partial charge in [0.2, 0.25) is 0 Å². The van der Waals surface area contributed by atoms with E-state index in [-0.39, 0.29) is 18.4 Å². The second-order valence-corrected chi connectivity index (χ2v) is 10.8. The molecule has 0 aromatic heterocycles. The van der Waals surface area contributed by atoms with Crippen LogP contribution in [0.2, 0.25) is 0 Å². The summed E-state index contributed by atoms with van der Waals surface area (Å²) in [6, 6.07) is 35.1. The SMILES string of the molecule is COC(=O)c1ccc(-c2ccc(CCNC(Cc3ccccc3)[C@H](OC3CCCCO3)c3ccccc3)cc2)cc1N. The molecule has 3 atom stereocenters. The Balaban J connectivity index is 1.29. The molecule has 6 nitrogen and oxygen atoms in total. The summed E-state index contributed by atoms with van der Waals surface area (Å²) in [4.78, 5) is 11.9. The van der Waals surface area contributed by atoms with Crippen LogP contribution in [0.25, 0.3) is 11.1 Å². The summed E-state index contributed by atoms with van der Waals surface area (Å²) in [7, 11) is 1.35. The molecule has 1 aliphatic heterocycles. The Labute approximate surface area is 248 Å². The minimum absolute atomic E-state index is 0.0656. The van der Waals surface area contributed by atoms with Gasteiger partial charge in [-0.3, -0.25) is 0 Å². The number of anilines is 1. The first-order valence-corrected chi connectivity index (χ1v) is 14.8. The molecule has 42 heavy (non-hydrogen) atoms. The molecule has 4 aromatic rings. The van der Waals surface area contributed by atoms with Crippen molar-refractivity contribution < 1.29 is 19.0 Å². The highest BCUT2D eigenvalue weighted by molar-refractivity contribution is 5.96. The Hall–Kier alpha value is -3.97. The third-order valence-corrected chi connectivity index (χ3v) is 7.79. The zero-order valence-electron chi connectivity index (χ0n) is 24.2. The van der Waals surface area contributed by atoms with Gasteiger partial charge in [-0.15, -0.1) is 0 Å². The molecule has 1 saturated heterocycles. The molecule has 6 heteroatoms. The molecule has 1 heterocycles. The monoisotopic (exact) mass is 564 g/mol. The van der Waals surface area contributed by atoms with Gasteiger partial charge in [0.25, 0.3) is 0 Å². The first-order chi connectivity index (χ1) is 20.6. The van der Waals surface area contributed by atoms with E-state index >= 15 is 0 Å². The second kappa shape index (κ2) is 14.8. The van der Waals surface area contributed by atoms with Crippen molar-refractivity contribution in [3.05, 3.63) is 125 Å². The smallest absolute Gasteiger partial charge is 0.339 e. The van der Waals surface area contributed by atoms with Gasteiger partial charge in [-0.05, 0) is 78.6 Å². The molecule has 0 radical (unpaired) electrons. The average Bonchev–Trinajstić information content (AvgIpc) is 3.04. The number of hydrogen-bond donors (Lipinski definition) is 2. The zero-order valence-corrected chi connectivity index (χ0v) is 24.2. The zero-order chi connectivity index (χ0) is 29.1. The lowest BCUT2D eigenvalue weighted by Gasteiger charge is -2.33. The number of ether oxygens (including phenoxy) is 3. The van der Waals surface area contributed by atoms with E-state index in [9.17, 15) is 4.79 Å². The van der Waals surface area contributed by atoms with Gasteiger partial charge in [0.1, 0.15) is 6.10 Å². The van der Waals surface area contributed by atoms with Gasteiger partial charge in [0.15, 0.2) is 6.29 Å². The molecule has 218 valence electrons. The quantitative estimate of drug-likeness (QED) is 0.146. The lowest BCUT2D eigenvalue weighted by molar-refractivity contribution is -0.196. The van der Waals surface area contributed by atoms with Crippen molar-refractivity contribution in [2.75, 3.05) is 26.0 Å². The lowest BCUT2D eigenvalue weighted by Crippen LogP contribution is -2.41. The Bertz CT molecular complexity index is 1400. The van der Waals surface area contributed by atoms with Crippen molar-refractivity contribution in [2.24, 2.45) is 0 Å². The number of nitrogens with one attached hydrogen (secondary N) is 1. The maximum absolute atomic E-state index is 11.9. The number of methoxy groups -OCH3 is 1. The number of esters is 1. The molecule has 1 aliphatic rings. The average molecular weight is 565 g/mol. The first-order valence-electron chi connectivity index (χ1n) is 14.8. The number of benzene rings is 4. The van der Waals surface area contributed by atoms with Crippen molar-refractivity contribution in [1.29, 1.82) is 0 Å². The summed E-state index contributed by atoms with van der Waals surface area (Å²) in [6.45, 7) is 1.55. The molecular weight excluding hydrogens is 524 g/mol. The topological polar surface area (TPSA) is 82.8 Å². The van der Waals surface area contributed by atoms with Crippen LogP contribution in [0.4, 0.5) is 5.69 Å². The molecule has 3 N–H and O–H groups in total. The van der Waals surface area contributed by atoms with E-state index in [0.717, 1.165) is 61.9 Å². The van der Waals surface area contributed by atoms with E-state index in [1.165, 1.54) is 18.2 Å². The normalized spacial score (nSPS) is 16.5. The molecule has 0 amide bonds. The third-order valence-electron chi connectivity index (χ3n) is 7.79. The van der Waals surface area contributed by atoms with E-state index in [2.05, 4.69) is 84.2 Å². The fourth-order valence-corrected chi connectivity index (χ4v) is 5.49. The number of carbonyl (C=O) groups is 1. The number of nitrogens with two attached hydrogens (primary N) is 1. The van der Waals surface area contributed by atoms with Gasteiger partial charge in [-0.25, -0.2) is 4.79 Å². The Kier molecular flexibility index (Phi) is 10.4. The Morgan fingerprint density at radius 2 is 1.62 bits per heavy atom. The van der Waals surface area contributed by atoms with Crippen LogP contribution in [0.3, 0.4) is 0 Å². The molecule has 0 aliphatic carbocycles. The van der Waals surface area contributed by atoms with Crippen LogP contribution in [0.15, 0.2) is 103 Å². The molecule has 0 spiro atoms. The predicted molar refractivity (Wildman–Crippen MR) is 167 cm³/mol. The number of nitrogen functional groups attached to an aromatic ring is 1. The van der Waals surface area contributed by atoms with Crippen LogP contribution < -0.4 is 11.1 Å². The standard InChI is InChI=1S/C36H40N2O4/c1-40-36(39)31-20-19-30(25-32(31)37)28-17-15-26(16-18-28)21-22-38-33(24-27-10-4-2-5-11-27)35(29-12-6-3-7-13-29)42-34-14-8-9-23-41-34/h2-7,10-13,15-20,25,33-35,38H,8-9,14,21-24,37H2,1H3/t33?,34?,35-/m1/s1. The van der Waals surface area contributed by atoms with E-state index in [0.29, 0.717) is 11.3 Å². The van der Waals surface area contributed by atoms with Crippen molar-refractivity contribution in [1.82, 2.24) is 5.32 Å². The van der Waals surface area contributed by atoms with E-state index in [1.54, 1.807) is 6.07 Å². The van der Waals surface area contributed by atoms with Crippen molar-refractivity contribution >= 4 is 11.7 Å². The summed E-state index contributed by atoms with van der Waals surface area (Å²) in [5.41, 5.74) is 12.6. The lowest BCUT2D eigenvalue weighted by atomic mass is 9.95. The van der Waals surface area contributed by atoms with Crippen LogP contribution in [0.1, 0.15) is 52.4 Å². The third kappa shape index (κ3) is 7.85. The largest absolute Gasteiger partial charge is 0.465 e. The molecule has 4 aromatic carbocycles. The van der Waals surface area contributed by atoms with Gasteiger partial charge in [-0.1, -0.05) is 91.0 Å². The highest BCUT2D eigenvalue weighted by Crippen LogP contribution is 2.29. The summed E-state index contributed by atoms with van der Waals surface area (Å²) in [5.74, 6) is -0.432. The summed E-state index contributed by atoms with van der Waals surface area (Å²) in [6.07, 6.45) is 4.52. The molecule has 5 rings (SSSR count).